The minimum Gasteiger partial charge on any atom is -0.482 e. The van der Waals surface area contributed by atoms with Crippen LogP contribution in [0.5, 0.6) is 11.5 Å². The largest absolute Gasteiger partial charge is 0.482 e. The van der Waals surface area contributed by atoms with Gasteiger partial charge in [0, 0.05) is 8.95 Å². The molecule has 0 fully saturated rings. The highest BCUT2D eigenvalue weighted by atomic mass is 79.9. The quantitative estimate of drug-likeness (QED) is 0.0951. The van der Waals surface area contributed by atoms with Gasteiger partial charge < -0.3 is 18.9 Å². The highest BCUT2D eigenvalue weighted by Gasteiger charge is 2.12. The molecule has 0 aliphatic rings. The Morgan fingerprint density at radius 3 is 1.26 bits per heavy atom. The van der Waals surface area contributed by atoms with Crippen molar-refractivity contribution in [3.63, 3.8) is 0 Å². The second kappa shape index (κ2) is 20.7. The minimum absolute atomic E-state index is 0.148. The molecule has 4 aromatic carbocycles. The van der Waals surface area contributed by atoms with Crippen molar-refractivity contribution in [2.24, 2.45) is 10.2 Å². The first-order valence-electron chi connectivity index (χ1n) is 17.7. The van der Waals surface area contributed by atoms with Crippen LogP contribution in [0.3, 0.4) is 0 Å². The van der Waals surface area contributed by atoms with E-state index in [1.165, 1.54) is 18.7 Å². The van der Waals surface area contributed by atoms with E-state index in [-0.39, 0.29) is 24.6 Å². The molecule has 0 bridgehead atoms. The number of hydrogen-bond donors (Lipinski definition) is 0. The third-order valence-corrected chi connectivity index (χ3v) is 8.76. The van der Waals surface area contributed by atoms with Crippen molar-refractivity contribution in [2.75, 3.05) is 26.4 Å². The van der Waals surface area contributed by atoms with Gasteiger partial charge in [0.1, 0.15) is 11.5 Å². The van der Waals surface area contributed by atoms with Gasteiger partial charge >= 0.3 is 23.3 Å². The average molecular weight is 919 g/mol. The predicted octanol–water partition coefficient (Wildman–Crippen LogP) is 5.86. The van der Waals surface area contributed by atoms with Crippen LogP contribution in [0.2, 0.25) is 0 Å². The van der Waals surface area contributed by atoms with Crippen molar-refractivity contribution in [3.8, 4) is 22.9 Å². The zero-order valence-corrected chi connectivity index (χ0v) is 35.0. The maximum atomic E-state index is 12.6. The number of halogens is 2. The monoisotopic (exact) mass is 916 g/mol. The molecule has 6 aromatic rings. The molecule has 0 saturated carbocycles. The average Bonchev–Trinajstić information content (AvgIpc) is 3.67. The molecule has 0 radical (unpaired) electrons. The minimum atomic E-state index is -0.421. The maximum absolute atomic E-state index is 12.6. The lowest BCUT2D eigenvalue weighted by Crippen LogP contribution is -2.21. The number of aryl methyl sites for hydroxylation is 2. The van der Waals surface area contributed by atoms with Crippen LogP contribution in [0.4, 0.5) is 0 Å². The predicted molar refractivity (Wildman–Crippen MR) is 224 cm³/mol. The zero-order chi connectivity index (χ0) is 41.6. The van der Waals surface area contributed by atoms with Crippen molar-refractivity contribution in [1.29, 1.82) is 0 Å². The molecule has 300 valence electrons. The van der Waals surface area contributed by atoms with E-state index in [4.69, 9.17) is 18.9 Å². The van der Waals surface area contributed by atoms with Crippen LogP contribution in [0.15, 0.2) is 126 Å². The van der Waals surface area contributed by atoms with E-state index < -0.39 is 11.9 Å². The summed E-state index contributed by atoms with van der Waals surface area (Å²) in [6.45, 7) is 7.23. The van der Waals surface area contributed by atoms with E-state index >= 15 is 0 Å². The van der Waals surface area contributed by atoms with Gasteiger partial charge in [-0.15, -0.1) is 10.2 Å². The lowest BCUT2D eigenvalue weighted by atomic mass is 10.2. The van der Waals surface area contributed by atoms with E-state index in [0.29, 0.717) is 47.7 Å². The van der Waals surface area contributed by atoms with Gasteiger partial charge in [-0.1, -0.05) is 31.9 Å². The number of hydrogen-bond acceptors (Lipinski definition) is 12. The summed E-state index contributed by atoms with van der Waals surface area (Å²) in [6, 6.07) is 28.4. The summed E-state index contributed by atoms with van der Waals surface area (Å²) in [6.07, 6.45) is 3.11. The summed E-state index contributed by atoms with van der Waals surface area (Å²) >= 11 is 6.73. The first-order chi connectivity index (χ1) is 27.9. The molecule has 0 atom stereocenters. The van der Waals surface area contributed by atoms with Crippen molar-refractivity contribution in [3.05, 3.63) is 150 Å². The van der Waals surface area contributed by atoms with Crippen LogP contribution in [-0.2, 0) is 19.1 Å². The van der Waals surface area contributed by atoms with Crippen molar-refractivity contribution in [1.82, 2.24) is 28.9 Å². The molecule has 18 heteroatoms. The number of nitrogens with zero attached hydrogens (tertiary/aromatic N) is 8. The van der Waals surface area contributed by atoms with Gasteiger partial charge in [-0.3, -0.25) is 0 Å². The molecule has 0 aliphatic heterocycles. The summed E-state index contributed by atoms with van der Waals surface area (Å²) in [5.41, 5.74) is 2.09. The third kappa shape index (κ3) is 11.8. The van der Waals surface area contributed by atoms with Crippen LogP contribution in [-0.4, -0.2) is 79.7 Å². The SMILES string of the molecule is CCOC(=O)COc1ccc(/C=N/n2c(C)nn(-c3ccc(Br)cc3)c2=O)cc1.CCOC(=O)COc1ccc(/C=N/n2c(C)nn(-c3ccc(Br)cc3)c2=O)cc1. The number of rotatable bonds is 14. The van der Waals surface area contributed by atoms with E-state index in [0.717, 1.165) is 20.1 Å². The van der Waals surface area contributed by atoms with Gasteiger partial charge in [-0.2, -0.15) is 28.9 Å². The number of benzene rings is 4. The summed E-state index contributed by atoms with van der Waals surface area (Å²) in [5.74, 6) is 1.15. The van der Waals surface area contributed by atoms with Crippen LogP contribution in [0, 0.1) is 13.8 Å². The highest BCUT2D eigenvalue weighted by Crippen LogP contribution is 2.15. The normalized spacial score (nSPS) is 11.0. The van der Waals surface area contributed by atoms with Crippen LogP contribution in [0.1, 0.15) is 36.6 Å². The Morgan fingerprint density at radius 1 is 0.586 bits per heavy atom. The Hall–Kier alpha value is -6.40. The molecule has 0 saturated heterocycles. The van der Waals surface area contributed by atoms with Crippen molar-refractivity contribution >= 4 is 56.2 Å². The van der Waals surface area contributed by atoms with Crippen LogP contribution < -0.4 is 20.9 Å². The fraction of sp³-hybridized carbons (Fsp3) is 0.200. The number of ether oxygens (including phenoxy) is 4. The summed E-state index contributed by atoms with van der Waals surface area (Å²) in [4.78, 5) is 47.9. The van der Waals surface area contributed by atoms with E-state index in [1.54, 1.807) is 113 Å². The number of carbonyl (C=O) groups excluding carboxylic acids is 2. The van der Waals surface area contributed by atoms with Crippen molar-refractivity contribution in [2.45, 2.75) is 27.7 Å². The van der Waals surface area contributed by atoms with Gasteiger partial charge in [0.05, 0.1) is 37.0 Å². The third-order valence-electron chi connectivity index (χ3n) is 7.70. The smallest absolute Gasteiger partial charge is 0.371 e. The van der Waals surface area contributed by atoms with E-state index in [9.17, 15) is 19.2 Å². The first-order valence-corrected chi connectivity index (χ1v) is 19.3. The van der Waals surface area contributed by atoms with Crippen LogP contribution in [0.25, 0.3) is 11.4 Å². The van der Waals surface area contributed by atoms with Crippen LogP contribution >= 0.6 is 31.9 Å². The molecule has 6 rings (SSSR count). The highest BCUT2D eigenvalue weighted by molar-refractivity contribution is 9.10. The van der Waals surface area contributed by atoms with E-state index in [1.807, 2.05) is 24.3 Å². The first kappa shape index (κ1) is 42.7. The van der Waals surface area contributed by atoms with Gasteiger partial charge in [-0.05, 0) is 136 Å². The molecule has 2 heterocycles. The van der Waals surface area contributed by atoms with Gasteiger partial charge in [0.15, 0.2) is 24.9 Å². The second-order valence-electron chi connectivity index (χ2n) is 11.9. The van der Waals surface area contributed by atoms with Gasteiger partial charge in [0.2, 0.25) is 0 Å². The molecule has 0 unspecified atom stereocenters. The Balaban J connectivity index is 0.000000221. The lowest BCUT2D eigenvalue weighted by molar-refractivity contribution is -0.146. The summed E-state index contributed by atoms with van der Waals surface area (Å²) < 4.78 is 27.2. The van der Waals surface area contributed by atoms with Gasteiger partial charge in [0.25, 0.3) is 0 Å². The summed E-state index contributed by atoms with van der Waals surface area (Å²) in [7, 11) is 0. The van der Waals surface area contributed by atoms with E-state index in [2.05, 4.69) is 52.3 Å². The fourth-order valence-electron chi connectivity index (χ4n) is 4.92. The van der Waals surface area contributed by atoms with Gasteiger partial charge in [-0.25, -0.2) is 19.2 Å². The molecule has 16 nitrogen and oxygen atoms in total. The Morgan fingerprint density at radius 2 is 0.931 bits per heavy atom. The molecular weight excluding hydrogens is 880 g/mol. The maximum Gasteiger partial charge on any atom is 0.371 e. The molecular formula is C40H38Br2N8O8. The molecule has 0 amide bonds. The zero-order valence-electron chi connectivity index (χ0n) is 31.8. The summed E-state index contributed by atoms with van der Waals surface area (Å²) in [5, 5.41) is 17.0. The Labute approximate surface area is 349 Å². The molecule has 2 aromatic heterocycles. The fourth-order valence-corrected chi connectivity index (χ4v) is 5.45. The topological polar surface area (TPSA) is 175 Å². The number of aromatic nitrogens is 6. The molecule has 0 spiro atoms. The Bertz CT molecular complexity index is 2310. The van der Waals surface area contributed by atoms with Crippen molar-refractivity contribution < 1.29 is 28.5 Å². The molecule has 58 heavy (non-hydrogen) atoms. The Kier molecular flexibility index (Phi) is 15.2. The molecule has 0 aliphatic carbocycles. The second-order valence-corrected chi connectivity index (χ2v) is 13.7. The standard InChI is InChI=1S/2C20H19BrN4O4/c2*1-3-28-19(26)13-29-18-10-4-15(5-11-18)12-22-24-14(2)23-25(20(24)27)17-8-6-16(21)7-9-17/h2*4-12H,3,13H2,1-2H3/b2*22-12+. The molecule has 0 N–H and O–H groups in total. The number of carbonyl (C=O) groups is 2. The number of esters is 2. The lowest BCUT2D eigenvalue weighted by Gasteiger charge is -2.05.